The molecule has 1 aliphatic rings. The third kappa shape index (κ3) is 4.98. The number of ketones is 1. The van der Waals surface area contributed by atoms with Crippen molar-refractivity contribution in [3.05, 3.63) is 105 Å². The summed E-state index contributed by atoms with van der Waals surface area (Å²) in [5.74, 6) is -5.54. The molecule has 4 atom stereocenters. The van der Waals surface area contributed by atoms with Crippen LogP contribution in [0.15, 0.2) is 89.2 Å². The molecule has 5 rings (SSSR count). The predicted octanol–water partition coefficient (Wildman–Crippen LogP) is 7.87. The lowest BCUT2D eigenvalue weighted by atomic mass is 9.68. The molecule has 0 bridgehead atoms. The Labute approximate surface area is 235 Å². The van der Waals surface area contributed by atoms with Gasteiger partial charge < -0.3 is 5.11 Å². The van der Waals surface area contributed by atoms with Crippen LogP contribution in [0.25, 0.3) is 10.8 Å². The van der Waals surface area contributed by atoms with Crippen molar-refractivity contribution in [1.82, 2.24) is 0 Å². The van der Waals surface area contributed by atoms with Crippen molar-refractivity contribution in [2.75, 3.05) is 0 Å². The van der Waals surface area contributed by atoms with Crippen LogP contribution in [0.3, 0.4) is 0 Å². The number of carbonyl (C=O) groups excluding carboxylic acids is 1. The first-order valence-corrected chi connectivity index (χ1v) is 14.1. The van der Waals surface area contributed by atoms with Gasteiger partial charge in [0.1, 0.15) is 5.92 Å². The lowest BCUT2D eigenvalue weighted by Crippen LogP contribution is -2.59. The summed E-state index contributed by atoms with van der Waals surface area (Å²) < 4.78 is 44.1. The maximum Gasteiger partial charge on any atom is 0.439 e. The summed E-state index contributed by atoms with van der Waals surface area (Å²) in [5.41, 5.74) is -2.77. The minimum absolute atomic E-state index is 0.0264. The van der Waals surface area contributed by atoms with E-state index in [1.54, 1.807) is 17.5 Å². The van der Waals surface area contributed by atoms with Crippen LogP contribution in [0.5, 0.6) is 0 Å². The zero-order valence-corrected chi connectivity index (χ0v) is 22.5. The van der Waals surface area contributed by atoms with Crippen LogP contribution in [-0.2, 0) is 5.75 Å². The summed E-state index contributed by atoms with van der Waals surface area (Å²) in [6.07, 6.45) is -5.31. The number of hydrogen-bond donors (Lipinski definition) is 1. The Balaban J connectivity index is 1.67. The maximum absolute atomic E-state index is 14.7. The summed E-state index contributed by atoms with van der Waals surface area (Å²) >= 11 is 8.35. The van der Waals surface area contributed by atoms with Crippen molar-refractivity contribution < 1.29 is 23.1 Å². The number of carbonyl (C=O) groups is 1. The number of rotatable bonds is 5. The van der Waals surface area contributed by atoms with Gasteiger partial charge in [0.25, 0.3) is 5.72 Å². The molecule has 2 heterocycles. The number of nitriles is 1. The third-order valence-corrected chi connectivity index (χ3v) is 9.15. The van der Waals surface area contributed by atoms with Gasteiger partial charge in [0.15, 0.2) is 5.78 Å². The number of thioether (sulfide) groups is 1. The Morgan fingerprint density at radius 2 is 1.79 bits per heavy atom. The summed E-state index contributed by atoms with van der Waals surface area (Å²) in [4.78, 5) is 17.4. The molecule has 1 aliphatic heterocycles. The molecule has 4 nitrogen and oxygen atoms in total. The minimum atomic E-state index is -5.31. The van der Waals surface area contributed by atoms with E-state index in [0.29, 0.717) is 0 Å². The molecule has 1 N–H and O–H groups in total. The smallest absolute Gasteiger partial charge is 0.362 e. The standard InChI is InChI=1S/C29H20ClF3N2O2S2/c30-22-12-4-3-11-20(22)24-21(15-34)27(39-16-18-9-5-8-17-7-1-2-10-19(17)18)35-28(37,29(31,32)33)25(24)26(36)23-13-6-14-38-23/h1-14,21,24-25,37H,16H2/t21?,24-,25-,28+/m0/s1. The molecule has 0 radical (unpaired) electrons. The molecule has 10 heteroatoms. The van der Waals surface area contributed by atoms with Crippen LogP contribution in [0.2, 0.25) is 5.02 Å². The Hall–Kier alpha value is -3.16. The number of benzene rings is 3. The number of aliphatic hydroxyl groups is 1. The van der Waals surface area contributed by atoms with Crippen molar-refractivity contribution in [2.45, 2.75) is 23.6 Å². The highest BCUT2D eigenvalue weighted by Crippen LogP contribution is 2.54. The summed E-state index contributed by atoms with van der Waals surface area (Å²) in [7, 11) is 0. The van der Waals surface area contributed by atoms with Crippen molar-refractivity contribution in [3.63, 3.8) is 0 Å². The third-order valence-electron chi connectivity index (χ3n) is 6.82. The van der Waals surface area contributed by atoms with Gasteiger partial charge in [-0.3, -0.25) is 4.79 Å². The van der Waals surface area contributed by atoms with E-state index in [0.717, 1.165) is 39.4 Å². The highest BCUT2D eigenvalue weighted by atomic mass is 35.5. The van der Waals surface area contributed by atoms with Crippen LogP contribution in [0, 0.1) is 23.2 Å². The molecule has 0 aliphatic carbocycles. The van der Waals surface area contributed by atoms with Crippen LogP contribution in [0.1, 0.15) is 26.7 Å². The molecule has 4 aromatic rings. The second kappa shape index (κ2) is 10.8. The second-order valence-corrected chi connectivity index (χ2v) is 11.4. The number of Topliss-reactive ketones (excluding diaryl/α,β-unsaturated/α-hetero) is 1. The quantitative estimate of drug-likeness (QED) is 0.242. The average Bonchev–Trinajstić information content (AvgIpc) is 3.46. The van der Waals surface area contributed by atoms with E-state index < -0.39 is 35.4 Å². The normalized spacial score (nSPS) is 23.3. The predicted molar refractivity (Wildman–Crippen MR) is 149 cm³/mol. The molecule has 0 saturated heterocycles. The SMILES string of the molecule is N#CC1C(SCc2cccc3ccccc23)=N[C@](O)(C(F)(F)F)[C@H](C(=O)c2cccs2)[C@H]1c1ccccc1Cl. The lowest BCUT2D eigenvalue weighted by Gasteiger charge is -2.44. The monoisotopic (exact) mass is 584 g/mol. The summed E-state index contributed by atoms with van der Waals surface area (Å²) in [5, 5.41) is 24.9. The van der Waals surface area contributed by atoms with E-state index in [4.69, 9.17) is 11.6 Å². The van der Waals surface area contributed by atoms with E-state index >= 15 is 0 Å². The highest BCUT2D eigenvalue weighted by Gasteiger charge is 2.67. The van der Waals surface area contributed by atoms with Crippen LogP contribution >= 0.6 is 34.7 Å². The second-order valence-electron chi connectivity index (χ2n) is 9.07. The van der Waals surface area contributed by atoms with Gasteiger partial charge in [-0.05, 0) is 39.4 Å². The van der Waals surface area contributed by atoms with Crippen LogP contribution < -0.4 is 0 Å². The molecular weight excluding hydrogens is 565 g/mol. The average molecular weight is 585 g/mol. The number of thiophene rings is 1. The fraction of sp³-hybridized carbons (Fsp3) is 0.207. The van der Waals surface area contributed by atoms with Crippen molar-refractivity contribution in [3.8, 4) is 6.07 Å². The lowest BCUT2D eigenvalue weighted by molar-refractivity contribution is -0.274. The van der Waals surface area contributed by atoms with Gasteiger partial charge in [0, 0.05) is 16.7 Å². The molecule has 0 fully saturated rings. The fourth-order valence-corrected chi connectivity index (χ4v) is 7.10. The number of aliphatic imine (C=N–C) groups is 1. The van der Waals surface area contributed by atoms with E-state index in [1.807, 2.05) is 42.5 Å². The van der Waals surface area contributed by atoms with Gasteiger partial charge in [-0.25, -0.2) is 4.99 Å². The molecule has 1 unspecified atom stereocenters. The van der Waals surface area contributed by atoms with Gasteiger partial charge in [0.2, 0.25) is 0 Å². The van der Waals surface area contributed by atoms with Crippen molar-refractivity contribution in [1.29, 1.82) is 5.26 Å². The number of nitrogens with zero attached hydrogens (tertiary/aromatic N) is 2. The molecule has 0 saturated carbocycles. The van der Waals surface area contributed by atoms with Crippen LogP contribution in [-0.4, -0.2) is 27.8 Å². The molecular formula is C29H20ClF3N2O2S2. The van der Waals surface area contributed by atoms with Crippen molar-refractivity contribution >= 4 is 56.3 Å². The Bertz CT molecular complexity index is 1590. The number of halogens is 4. The Morgan fingerprint density at radius 1 is 1.08 bits per heavy atom. The first kappa shape index (κ1) is 27.4. The first-order valence-electron chi connectivity index (χ1n) is 11.9. The maximum atomic E-state index is 14.7. The van der Waals surface area contributed by atoms with Gasteiger partial charge >= 0.3 is 6.18 Å². The molecule has 3 aromatic carbocycles. The molecule has 0 amide bonds. The molecule has 39 heavy (non-hydrogen) atoms. The van der Waals surface area contributed by atoms with E-state index in [9.17, 15) is 28.3 Å². The Kier molecular flexibility index (Phi) is 7.57. The van der Waals surface area contributed by atoms with Crippen molar-refractivity contribution in [2.24, 2.45) is 16.8 Å². The van der Waals surface area contributed by atoms with Gasteiger partial charge in [-0.1, -0.05) is 78.3 Å². The number of alkyl halides is 3. The topological polar surface area (TPSA) is 73.4 Å². The minimum Gasteiger partial charge on any atom is -0.362 e. The van der Waals surface area contributed by atoms with E-state index in [-0.39, 0.29) is 26.3 Å². The summed E-state index contributed by atoms with van der Waals surface area (Å²) in [6.45, 7) is 0. The van der Waals surface area contributed by atoms with E-state index in [1.165, 1.54) is 24.3 Å². The number of fused-ring (bicyclic) bond motifs is 1. The number of hydrogen-bond acceptors (Lipinski definition) is 6. The Morgan fingerprint density at radius 3 is 2.49 bits per heavy atom. The molecule has 1 aromatic heterocycles. The fourth-order valence-electron chi connectivity index (χ4n) is 4.99. The van der Waals surface area contributed by atoms with Gasteiger partial charge in [0.05, 0.1) is 21.9 Å². The zero-order valence-electron chi connectivity index (χ0n) is 20.1. The highest BCUT2D eigenvalue weighted by molar-refractivity contribution is 8.13. The first-order chi connectivity index (χ1) is 18.7. The largest absolute Gasteiger partial charge is 0.439 e. The molecule has 0 spiro atoms. The van der Waals surface area contributed by atoms with E-state index in [2.05, 4.69) is 11.1 Å². The molecule has 198 valence electrons. The van der Waals surface area contributed by atoms with Gasteiger partial charge in [-0.2, -0.15) is 18.4 Å². The van der Waals surface area contributed by atoms with Crippen LogP contribution in [0.4, 0.5) is 13.2 Å². The summed E-state index contributed by atoms with van der Waals surface area (Å²) in [6, 6.07) is 24.4. The van der Waals surface area contributed by atoms with Gasteiger partial charge in [-0.15, -0.1) is 23.1 Å². The zero-order chi connectivity index (χ0) is 27.8.